The smallest absolute Gasteiger partial charge is 0.237 e. The van der Waals surface area contributed by atoms with E-state index >= 15 is 0 Å². The van der Waals surface area contributed by atoms with Crippen molar-refractivity contribution in [3.63, 3.8) is 0 Å². The topological polar surface area (TPSA) is 55.1 Å². The number of rotatable bonds is 5. The zero-order valence-electron chi connectivity index (χ0n) is 13.1. The van der Waals surface area contributed by atoms with Gasteiger partial charge >= 0.3 is 0 Å². The number of halogens is 1. The van der Waals surface area contributed by atoms with Crippen LogP contribution in [0.1, 0.15) is 49.9 Å². The molecule has 3 unspecified atom stereocenters. The van der Waals surface area contributed by atoms with Crippen LogP contribution in [0.4, 0.5) is 0 Å². The second-order valence-corrected chi connectivity index (χ2v) is 5.56. The second-order valence-electron chi connectivity index (χ2n) is 5.56. The van der Waals surface area contributed by atoms with Crippen molar-refractivity contribution in [3.05, 3.63) is 34.9 Å². The fourth-order valence-electron chi connectivity index (χ4n) is 2.17. The predicted octanol–water partition coefficient (Wildman–Crippen LogP) is 3.28. The summed E-state index contributed by atoms with van der Waals surface area (Å²) in [7, 11) is 0. The zero-order chi connectivity index (χ0) is 14.6. The maximum absolute atomic E-state index is 12.1. The number of benzene rings is 1. The van der Waals surface area contributed by atoms with Crippen molar-refractivity contribution in [2.24, 2.45) is 11.7 Å². The van der Waals surface area contributed by atoms with Crippen molar-refractivity contribution < 1.29 is 4.79 Å². The third kappa shape index (κ3) is 5.14. The number of nitrogens with one attached hydrogen (secondary N) is 1. The maximum Gasteiger partial charge on any atom is 0.237 e. The van der Waals surface area contributed by atoms with E-state index in [1.54, 1.807) is 0 Å². The van der Waals surface area contributed by atoms with Crippen LogP contribution in [0, 0.1) is 19.8 Å². The average Bonchev–Trinajstić information content (AvgIpc) is 2.35. The van der Waals surface area contributed by atoms with Crippen molar-refractivity contribution in [2.45, 2.75) is 53.1 Å². The van der Waals surface area contributed by atoms with Gasteiger partial charge in [0.25, 0.3) is 0 Å². The summed E-state index contributed by atoms with van der Waals surface area (Å²) in [6, 6.07) is 5.89. The molecule has 0 saturated heterocycles. The van der Waals surface area contributed by atoms with E-state index in [9.17, 15) is 4.79 Å². The maximum atomic E-state index is 12.1. The fourth-order valence-corrected chi connectivity index (χ4v) is 2.17. The monoisotopic (exact) mass is 298 g/mol. The lowest BCUT2D eigenvalue weighted by molar-refractivity contribution is -0.124. The van der Waals surface area contributed by atoms with Gasteiger partial charge in [-0.1, -0.05) is 49.6 Å². The van der Waals surface area contributed by atoms with Gasteiger partial charge < -0.3 is 11.1 Å². The Hall–Kier alpha value is -1.06. The van der Waals surface area contributed by atoms with E-state index in [-0.39, 0.29) is 30.3 Å². The standard InChI is InChI=1S/C16H26N2O.ClH/c1-6-12(4)15(17)16(19)18-13(5)14-8-10(2)7-11(3)9-14;/h7-9,12-13,15H,6,17H2,1-5H3,(H,18,19);1H. The Balaban J connectivity index is 0.00000361. The minimum Gasteiger partial charge on any atom is -0.348 e. The lowest BCUT2D eigenvalue weighted by Gasteiger charge is -2.21. The summed E-state index contributed by atoms with van der Waals surface area (Å²) in [5.74, 6) is 0.132. The minimum atomic E-state index is -0.432. The summed E-state index contributed by atoms with van der Waals surface area (Å²) in [6.45, 7) is 10.2. The van der Waals surface area contributed by atoms with Gasteiger partial charge in [-0.05, 0) is 32.3 Å². The van der Waals surface area contributed by atoms with Crippen LogP contribution in [0.5, 0.6) is 0 Å². The van der Waals surface area contributed by atoms with Gasteiger partial charge in [0, 0.05) is 0 Å². The van der Waals surface area contributed by atoms with E-state index in [2.05, 4.69) is 37.4 Å². The highest BCUT2D eigenvalue weighted by Crippen LogP contribution is 2.17. The van der Waals surface area contributed by atoms with E-state index < -0.39 is 6.04 Å². The first-order chi connectivity index (χ1) is 8.85. The van der Waals surface area contributed by atoms with Crippen molar-refractivity contribution >= 4 is 18.3 Å². The molecule has 0 radical (unpaired) electrons. The lowest BCUT2D eigenvalue weighted by Crippen LogP contribution is -2.45. The van der Waals surface area contributed by atoms with Gasteiger partial charge in [-0.25, -0.2) is 0 Å². The molecule has 3 atom stereocenters. The van der Waals surface area contributed by atoms with Gasteiger partial charge in [0.05, 0.1) is 12.1 Å². The molecule has 1 rings (SSSR count). The van der Waals surface area contributed by atoms with Crippen LogP contribution in [0.15, 0.2) is 18.2 Å². The molecule has 0 spiro atoms. The molecule has 20 heavy (non-hydrogen) atoms. The van der Waals surface area contributed by atoms with Gasteiger partial charge in [0.15, 0.2) is 0 Å². The molecule has 0 bridgehead atoms. The van der Waals surface area contributed by atoms with Crippen LogP contribution in [-0.4, -0.2) is 11.9 Å². The van der Waals surface area contributed by atoms with E-state index in [4.69, 9.17) is 5.73 Å². The molecule has 4 heteroatoms. The van der Waals surface area contributed by atoms with E-state index in [0.29, 0.717) is 0 Å². The Morgan fingerprint density at radius 1 is 1.20 bits per heavy atom. The number of carbonyl (C=O) groups excluding carboxylic acids is 1. The quantitative estimate of drug-likeness (QED) is 0.876. The van der Waals surface area contributed by atoms with E-state index in [0.717, 1.165) is 12.0 Å². The molecule has 3 nitrogen and oxygen atoms in total. The van der Waals surface area contributed by atoms with Crippen LogP contribution >= 0.6 is 12.4 Å². The summed E-state index contributed by atoms with van der Waals surface area (Å²) in [5, 5.41) is 3.00. The zero-order valence-corrected chi connectivity index (χ0v) is 13.9. The Morgan fingerprint density at radius 2 is 1.70 bits per heavy atom. The Labute approximate surface area is 128 Å². The molecule has 1 aromatic carbocycles. The van der Waals surface area contributed by atoms with Crippen molar-refractivity contribution in [1.29, 1.82) is 0 Å². The first-order valence-corrected chi connectivity index (χ1v) is 6.99. The fraction of sp³-hybridized carbons (Fsp3) is 0.562. The first kappa shape index (κ1) is 18.9. The number of hydrogen-bond donors (Lipinski definition) is 2. The van der Waals surface area contributed by atoms with E-state index in [1.807, 2.05) is 20.8 Å². The second kappa shape index (κ2) is 8.28. The van der Waals surface area contributed by atoms with Gasteiger partial charge in [-0.15, -0.1) is 12.4 Å². The molecule has 0 aromatic heterocycles. The molecule has 3 N–H and O–H groups in total. The van der Waals surface area contributed by atoms with Crippen LogP contribution < -0.4 is 11.1 Å². The minimum absolute atomic E-state index is 0. The number of amides is 1. The van der Waals surface area contributed by atoms with Gasteiger partial charge in [0.1, 0.15) is 0 Å². The summed E-state index contributed by atoms with van der Waals surface area (Å²) < 4.78 is 0. The van der Waals surface area contributed by atoms with Gasteiger partial charge in [0.2, 0.25) is 5.91 Å². The number of carbonyl (C=O) groups is 1. The van der Waals surface area contributed by atoms with Crippen LogP contribution in [-0.2, 0) is 4.79 Å². The Morgan fingerprint density at radius 3 is 2.15 bits per heavy atom. The average molecular weight is 299 g/mol. The van der Waals surface area contributed by atoms with Crippen LogP contribution in [0.3, 0.4) is 0 Å². The number of hydrogen-bond acceptors (Lipinski definition) is 2. The highest BCUT2D eigenvalue weighted by atomic mass is 35.5. The molecular formula is C16H27ClN2O. The summed E-state index contributed by atoms with van der Waals surface area (Å²) in [5.41, 5.74) is 9.49. The lowest BCUT2D eigenvalue weighted by atomic mass is 9.98. The number of aryl methyl sites for hydroxylation is 2. The third-order valence-corrected chi connectivity index (χ3v) is 3.66. The number of nitrogens with two attached hydrogens (primary N) is 1. The molecule has 0 saturated carbocycles. The molecule has 0 fully saturated rings. The molecule has 0 aliphatic carbocycles. The van der Waals surface area contributed by atoms with Crippen molar-refractivity contribution in [2.75, 3.05) is 0 Å². The molecule has 0 heterocycles. The first-order valence-electron chi connectivity index (χ1n) is 6.99. The van der Waals surface area contributed by atoms with Crippen LogP contribution in [0.25, 0.3) is 0 Å². The highest BCUT2D eigenvalue weighted by molar-refractivity contribution is 5.85. The van der Waals surface area contributed by atoms with Crippen molar-refractivity contribution in [1.82, 2.24) is 5.32 Å². The summed E-state index contributed by atoms with van der Waals surface area (Å²) >= 11 is 0. The molecule has 0 aliphatic rings. The summed E-state index contributed by atoms with van der Waals surface area (Å²) in [4.78, 5) is 12.1. The van der Waals surface area contributed by atoms with Gasteiger partial charge in [-0.2, -0.15) is 0 Å². The van der Waals surface area contributed by atoms with Gasteiger partial charge in [-0.3, -0.25) is 4.79 Å². The highest BCUT2D eigenvalue weighted by Gasteiger charge is 2.21. The van der Waals surface area contributed by atoms with E-state index in [1.165, 1.54) is 11.1 Å². The molecule has 0 aliphatic heterocycles. The SMILES string of the molecule is CCC(C)C(N)C(=O)NC(C)c1cc(C)cc(C)c1.Cl. The Kier molecular flexibility index (Phi) is 7.84. The molecule has 114 valence electrons. The van der Waals surface area contributed by atoms with Crippen LogP contribution in [0.2, 0.25) is 0 Å². The van der Waals surface area contributed by atoms with Crippen molar-refractivity contribution in [3.8, 4) is 0 Å². The third-order valence-electron chi connectivity index (χ3n) is 3.66. The predicted molar refractivity (Wildman–Crippen MR) is 87.2 cm³/mol. The normalized spacial score (nSPS) is 14.9. The Bertz CT molecular complexity index is 428. The molecule has 1 amide bonds. The molecular weight excluding hydrogens is 272 g/mol. The summed E-state index contributed by atoms with van der Waals surface area (Å²) in [6.07, 6.45) is 0.909. The molecule has 1 aromatic rings. The largest absolute Gasteiger partial charge is 0.348 e.